The first kappa shape index (κ1) is 23.8. The van der Waals surface area contributed by atoms with E-state index >= 15 is 0 Å². The highest BCUT2D eigenvalue weighted by atomic mass is 32.2. The van der Waals surface area contributed by atoms with Gasteiger partial charge in [0.2, 0.25) is 0 Å². The van der Waals surface area contributed by atoms with Gasteiger partial charge in [0.25, 0.3) is 11.5 Å². The molecular formula is C20H22N4O6S3. The number of thiocarbonyl (C=S) groups is 1. The van der Waals surface area contributed by atoms with Gasteiger partial charge in [-0.15, -0.1) is 0 Å². The molecule has 4 heterocycles. The molecule has 0 aliphatic carbocycles. The van der Waals surface area contributed by atoms with Crippen LogP contribution in [0.2, 0.25) is 0 Å². The van der Waals surface area contributed by atoms with Crippen molar-refractivity contribution in [2.45, 2.75) is 12.5 Å². The lowest BCUT2D eigenvalue weighted by Crippen LogP contribution is -2.39. The van der Waals surface area contributed by atoms with Gasteiger partial charge < -0.3 is 15.2 Å². The largest absolute Gasteiger partial charge is 0.394 e. The fourth-order valence-corrected chi connectivity index (χ4v) is 6.76. The van der Waals surface area contributed by atoms with Crippen LogP contribution in [-0.4, -0.2) is 81.9 Å². The molecule has 2 fully saturated rings. The maximum absolute atomic E-state index is 13.2. The topological polar surface area (TPSA) is 130 Å². The lowest BCUT2D eigenvalue weighted by Gasteiger charge is -2.20. The number of rotatable bonds is 8. The number of aliphatic hydroxyl groups is 1. The van der Waals surface area contributed by atoms with Crippen LogP contribution < -0.4 is 10.9 Å². The molecule has 2 aromatic heterocycles. The van der Waals surface area contributed by atoms with Crippen molar-refractivity contribution in [3.05, 3.63) is 45.2 Å². The molecular weight excluding hydrogens is 488 g/mol. The number of sulfone groups is 1. The Morgan fingerprint density at radius 1 is 1.33 bits per heavy atom. The Morgan fingerprint density at radius 2 is 2.15 bits per heavy atom. The number of anilines is 1. The summed E-state index contributed by atoms with van der Waals surface area (Å²) >= 11 is 6.40. The van der Waals surface area contributed by atoms with Crippen LogP contribution in [0, 0.1) is 0 Å². The summed E-state index contributed by atoms with van der Waals surface area (Å²) in [6.07, 6.45) is 3.38. The Balaban J connectivity index is 1.67. The van der Waals surface area contributed by atoms with Gasteiger partial charge in [0.1, 0.15) is 15.8 Å². The number of carbonyl (C=O) groups is 1. The van der Waals surface area contributed by atoms with E-state index in [1.54, 1.807) is 24.4 Å². The van der Waals surface area contributed by atoms with Crippen molar-refractivity contribution >= 4 is 61.6 Å². The monoisotopic (exact) mass is 510 g/mol. The minimum atomic E-state index is -3.19. The van der Waals surface area contributed by atoms with Crippen LogP contribution in [0.3, 0.4) is 0 Å². The van der Waals surface area contributed by atoms with Crippen molar-refractivity contribution in [1.82, 2.24) is 14.3 Å². The van der Waals surface area contributed by atoms with Crippen molar-refractivity contribution in [3.63, 3.8) is 0 Å². The minimum Gasteiger partial charge on any atom is -0.394 e. The van der Waals surface area contributed by atoms with Crippen LogP contribution in [0.15, 0.2) is 34.1 Å². The number of amides is 1. The Bertz CT molecular complexity index is 1290. The fraction of sp³-hybridized carbons (Fsp3) is 0.400. The van der Waals surface area contributed by atoms with Gasteiger partial charge in [0.05, 0.1) is 47.8 Å². The number of fused-ring (bicyclic) bond motifs is 1. The lowest BCUT2D eigenvalue weighted by atomic mass is 10.2. The second-order valence-corrected chi connectivity index (χ2v) is 11.4. The molecule has 2 saturated heterocycles. The Hall–Kier alpha value is -2.32. The first-order valence-corrected chi connectivity index (χ1v) is 13.3. The minimum absolute atomic E-state index is 0.0239. The lowest BCUT2D eigenvalue weighted by molar-refractivity contribution is -0.123. The summed E-state index contributed by atoms with van der Waals surface area (Å²) in [6, 6.07) is 4.66. The predicted octanol–water partition coefficient (Wildman–Crippen LogP) is 0.504. The standard InChI is InChI=1S/C20H22N4O6S3/c25-7-9-30-8-5-21-17-14(18(26)23-6-2-1-3-16(23)22-17)11-15-19(27)24(20(31)32-15)13-4-10-33(28,29)12-13/h1-3,6,11,13,21,25H,4-5,7-10,12H2/b15-11+. The molecule has 0 aromatic carbocycles. The number of hydrogen-bond donors (Lipinski definition) is 2. The molecule has 13 heteroatoms. The first-order valence-electron chi connectivity index (χ1n) is 10.2. The Labute approximate surface area is 199 Å². The first-order chi connectivity index (χ1) is 15.8. The number of ether oxygens (including phenoxy) is 1. The smallest absolute Gasteiger partial charge is 0.267 e. The Kier molecular flexibility index (Phi) is 7.14. The molecule has 0 saturated carbocycles. The molecule has 1 amide bonds. The number of nitrogens with zero attached hydrogens (tertiary/aromatic N) is 3. The third kappa shape index (κ3) is 5.11. The van der Waals surface area contributed by atoms with Gasteiger partial charge in [-0.3, -0.25) is 18.9 Å². The molecule has 33 heavy (non-hydrogen) atoms. The number of aliphatic hydroxyl groups excluding tert-OH is 1. The van der Waals surface area contributed by atoms with Gasteiger partial charge in [-0.1, -0.05) is 30.0 Å². The van der Waals surface area contributed by atoms with E-state index in [-0.39, 0.29) is 57.5 Å². The average Bonchev–Trinajstić information content (AvgIpc) is 3.27. The second kappa shape index (κ2) is 9.89. The summed E-state index contributed by atoms with van der Waals surface area (Å²) in [5.41, 5.74) is 0.246. The van der Waals surface area contributed by atoms with E-state index in [2.05, 4.69) is 10.3 Å². The average molecular weight is 511 g/mol. The normalized spacial score (nSPS) is 21.4. The van der Waals surface area contributed by atoms with Crippen molar-refractivity contribution in [1.29, 1.82) is 0 Å². The zero-order chi connectivity index (χ0) is 23.6. The summed E-state index contributed by atoms with van der Waals surface area (Å²) in [4.78, 5) is 32.4. The number of nitrogens with one attached hydrogen (secondary N) is 1. The van der Waals surface area contributed by atoms with Crippen LogP contribution in [0.5, 0.6) is 0 Å². The van der Waals surface area contributed by atoms with Crippen LogP contribution in [-0.2, 0) is 19.4 Å². The van der Waals surface area contributed by atoms with E-state index in [9.17, 15) is 18.0 Å². The molecule has 2 aliphatic rings. The van der Waals surface area contributed by atoms with Gasteiger partial charge in [-0.05, 0) is 24.6 Å². The molecule has 2 aliphatic heterocycles. The molecule has 1 atom stereocenters. The molecule has 0 radical (unpaired) electrons. The third-order valence-corrected chi connectivity index (χ3v) is 8.30. The number of hydrogen-bond acceptors (Lipinski definition) is 10. The van der Waals surface area contributed by atoms with Crippen LogP contribution >= 0.6 is 24.0 Å². The summed E-state index contributed by atoms with van der Waals surface area (Å²) in [6.45, 7) is 0.720. The molecule has 4 rings (SSSR count). The maximum Gasteiger partial charge on any atom is 0.267 e. The highest BCUT2D eigenvalue weighted by Crippen LogP contribution is 2.36. The van der Waals surface area contributed by atoms with Crippen molar-refractivity contribution < 1.29 is 23.1 Å². The summed E-state index contributed by atoms with van der Waals surface area (Å²) < 4.78 is 30.6. The van der Waals surface area contributed by atoms with Crippen molar-refractivity contribution in [2.24, 2.45) is 0 Å². The van der Waals surface area contributed by atoms with Crippen molar-refractivity contribution in [3.8, 4) is 0 Å². The molecule has 10 nitrogen and oxygen atoms in total. The molecule has 2 aromatic rings. The van der Waals surface area contributed by atoms with Crippen LogP contribution in [0.4, 0.5) is 5.82 Å². The predicted molar refractivity (Wildman–Crippen MR) is 130 cm³/mol. The Morgan fingerprint density at radius 3 is 2.88 bits per heavy atom. The number of aromatic nitrogens is 2. The summed E-state index contributed by atoms with van der Waals surface area (Å²) in [5, 5.41) is 11.9. The van der Waals surface area contributed by atoms with Crippen molar-refractivity contribution in [2.75, 3.05) is 43.2 Å². The maximum atomic E-state index is 13.2. The summed E-state index contributed by atoms with van der Waals surface area (Å²) in [5.74, 6) is -0.224. The summed E-state index contributed by atoms with van der Waals surface area (Å²) in [7, 11) is -3.19. The fourth-order valence-electron chi connectivity index (χ4n) is 3.68. The van der Waals surface area contributed by atoms with E-state index in [0.717, 1.165) is 11.8 Å². The number of carbonyl (C=O) groups excluding carboxylic acids is 1. The zero-order valence-corrected chi connectivity index (χ0v) is 19.9. The van der Waals surface area contributed by atoms with Crippen LogP contribution in [0.1, 0.15) is 12.0 Å². The van der Waals surface area contributed by atoms with E-state index in [1.165, 1.54) is 15.4 Å². The molecule has 1 unspecified atom stereocenters. The zero-order valence-electron chi connectivity index (χ0n) is 17.5. The molecule has 2 N–H and O–H groups in total. The van der Waals surface area contributed by atoms with E-state index < -0.39 is 21.8 Å². The van der Waals surface area contributed by atoms with E-state index in [0.29, 0.717) is 18.6 Å². The number of pyridine rings is 1. The molecule has 176 valence electrons. The number of thioether (sulfide) groups is 1. The van der Waals surface area contributed by atoms with Gasteiger partial charge in [-0.2, -0.15) is 0 Å². The van der Waals surface area contributed by atoms with E-state index in [4.69, 9.17) is 22.1 Å². The van der Waals surface area contributed by atoms with Gasteiger partial charge in [0.15, 0.2) is 9.84 Å². The molecule has 0 bridgehead atoms. The van der Waals surface area contributed by atoms with Gasteiger partial charge >= 0.3 is 0 Å². The van der Waals surface area contributed by atoms with E-state index in [1.807, 2.05) is 0 Å². The quantitative estimate of drug-likeness (QED) is 0.294. The van der Waals surface area contributed by atoms with Gasteiger partial charge in [0, 0.05) is 12.7 Å². The SMILES string of the molecule is O=C1/C(=C\c2c(NCCOCCO)nc3ccccn3c2=O)SC(=S)N1C1CCS(=O)(=O)C1. The second-order valence-electron chi connectivity index (χ2n) is 7.48. The van der Waals surface area contributed by atoms with Crippen LogP contribution in [0.25, 0.3) is 11.7 Å². The molecule has 0 spiro atoms. The third-order valence-electron chi connectivity index (χ3n) is 5.22. The van der Waals surface area contributed by atoms with Gasteiger partial charge in [-0.25, -0.2) is 13.4 Å². The highest BCUT2D eigenvalue weighted by Gasteiger charge is 2.42. The highest BCUT2D eigenvalue weighted by molar-refractivity contribution is 8.26.